The number of hydrogen-bond donors (Lipinski definition) is 2. The molecule has 0 radical (unpaired) electrons. The fourth-order valence-corrected chi connectivity index (χ4v) is 2.26. The normalized spacial score (nSPS) is 17.6. The van der Waals surface area contributed by atoms with Gasteiger partial charge in [-0.05, 0) is 12.1 Å². The molecule has 3 rings (SSSR count). The highest BCUT2D eigenvalue weighted by Crippen LogP contribution is 2.13. The van der Waals surface area contributed by atoms with Gasteiger partial charge in [0.2, 0.25) is 0 Å². The summed E-state index contributed by atoms with van der Waals surface area (Å²) >= 11 is 0. The number of pyridine rings is 1. The van der Waals surface area contributed by atoms with Crippen LogP contribution in [0.15, 0.2) is 24.5 Å². The van der Waals surface area contributed by atoms with Crippen LogP contribution in [0.25, 0.3) is 5.65 Å². The van der Waals surface area contributed by atoms with Crippen LogP contribution in [-0.4, -0.2) is 40.5 Å². The van der Waals surface area contributed by atoms with E-state index in [4.69, 9.17) is 5.73 Å². The van der Waals surface area contributed by atoms with Crippen LogP contribution < -0.4 is 11.1 Å². The van der Waals surface area contributed by atoms with Crippen LogP contribution in [0.3, 0.4) is 0 Å². The molecule has 1 aliphatic rings. The van der Waals surface area contributed by atoms with Crippen molar-refractivity contribution in [3.05, 3.63) is 30.2 Å². The zero-order valence-electron chi connectivity index (χ0n) is 9.76. The fourth-order valence-electron chi connectivity index (χ4n) is 2.26. The third-order valence-electron chi connectivity index (χ3n) is 3.16. The van der Waals surface area contributed by atoms with Crippen molar-refractivity contribution in [1.29, 1.82) is 0 Å². The van der Waals surface area contributed by atoms with Crippen molar-refractivity contribution >= 4 is 11.3 Å². The number of nitrogens with zero attached hydrogens (tertiary/aromatic N) is 3. The molecule has 0 aromatic carbocycles. The van der Waals surface area contributed by atoms with Crippen LogP contribution in [-0.2, 0) is 6.54 Å². The molecule has 5 heteroatoms. The van der Waals surface area contributed by atoms with Crippen molar-refractivity contribution in [2.24, 2.45) is 0 Å². The van der Waals surface area contributed by atoms with Crippen LogP contribution in [0.5, 0.6) is 0 Å². The summed E-state index contributed by atoms with van der Waals surface area (Å²) in [5, 5.41) is 3.35. The van der Waals surface area contributed by atoms with Gasteiger partial charge in [-0.15, -0.1) is 0 Å². The van der Waals surface area contributed by atoms with Crippen molar-refractivity contribution in [2.45, 2.75) is 6.54 Å². The molecule has 0 amide bonds. The quantitative estimate of drug-likeness (QED) is 0.781. The number of nitrogens with one attached hydrogen (secondary N) is 1. The van der Waals surface area contributed by atoms with Gasteiger partial charge in [-0.1, -0.05) is 0 Å². The number of anilines is 1. The molecule has 3 N–H and O–H groups in total. The van der Waals surface area contributed by atoms with E-state index < -0.39 is 0 Å². The Morgan fingerprint density at radius 1 is 1.35 bits per heavy atom. The highest BCUT2D eigenvalue weighted by Gasteiger charge is 2.12. The zero-order valence-corrected chi connectivity index (χ0v) is 9.76. The average molecular weight is 231 g/mol. The Morgan fingerprint density at radius 2 is 2.18 bits per heavy atom. The molecule has 0 aliphatic carbocycles. The van der Waals surface area contributed by atoms with Crippen LogP contribution in [0.2, 0.25) is 0 Å². The van der Waals surface area contributed by atoms with Crippen molar-refractivity contribution < 1.29 is 0 Å². The van der Waals surface area contributed by atoms with Crippen molar-refractivity contribution in [3.63, 3.8) is 0 Å². The topological polar surface area (TPSA) is 58.6 Å². The molecule has 0 saturated carbocycles. The number of hydrogen-bond acceptors (Lipinski definition) is 4. The van der Waals surface area contributed by atoms with Gasteiger partial charge < -0.3 is 15.5 Å². The van der Waals surface area contributed by atoms with Gasteiger partial charge in [0.15, 0.2) is 5.65 Å². The Hall–Kier alpha value is -1.59. The van der Waals surface area contributed by atoms with E-state index in [9.17, 15) is 0 Å². The van der Waals surface area contributed by atoms with E-state index in [2.05, 4.69) is 21.4 Å². The minimum atomic E-state index is 0.735. The minimum absolute atomic E-state index is 0.735. The first kappa shape index (κ1) is 10.6. The minimum Gasteiger partial charge on any atom is -0.396 e. The molecule has 0 bridgehead atoms. The molecular weight excluding hydrogens is 214 g/mol. The predicted molar refractivity (Wildman–Crippen MR) is 67.8 cm³/mol. The van der Waals surface area contributed by atoms with Gasteiger partial charge in [0.25, 0.3) is 0 Å². The zero-order chi connectivity index (χ0) is 11.7. The lowest BCUT2D eigenvalue weighted by Gasteiger charge is -2.26. The maximum absolute atomic E-state index is 5.90. The van der Waals surface area contributed by atoms with Gasteiger partial charge in [0, 0.05) is 45.1 Å². The highest BCUT2D eigenvalue weighted by atomic mass is 15.2. The van der Waals surface area contributed by atoms with Crippen LogP contribution >= 0.6 is 0 Å². The number of nitrogen functional groups attached to an aromatic ring is 1. The molecule has 2 aromatic rings. The lowest BCUT2D eigenvalue weighted by molar-refractivity contribution is 0.231. The molecule has 1 aliphatic heterocycles. The Morgan fingerprint density at radius 3 is 2.94 bits per heavy atom. The first-order chi connectivity index (χ1) is 8.33. The largest absolute Gasteiger partial charge is 0.396 e. The summed E-state index contributed by atoms with van der Waals surface area (Å²) in [6.07, 6.45) is 4.05. The Kier molecular flexibility index (Phi) is 2.70. The van der Waals surface area contributed by atoms with Crippen LogP contribution in [0, 0.1) is 0 Å². The molecule has 0 unspecified atom stereocenters. The van der Waals surface area contributed by atoms with Gasteiger partial charge in [0.05, 0.1) is 11.4 Å². The second-order valence-corrected chi connectivity index (χ2v) is 4.45. The van der Waals surface area contributed by atoms with E-state index >= 15 is 0 Å². The molecule has 1 fully saturated rings. The van der Waals surface area contributed by atoms with Crippen molar-refractivity contribution in [3.8, 4) is 0 Å². The number of imidazole rings is 1. The van der Waals surface area contributed by atoms with Crippen LogP contribution in [0.4, 0.5) is 5.69 Å². The highest BCUT2D eigenvalue weighted by molar-refractivity contribution is 5.64. The summed E-state index contributed by atoms with van der Waals surface area (Å²) in [7, 11) is 0. The van der Waals surface area contributed by atoms with Crippen molar-refractivity contribution in [2.75, 3.05) is 31.9 Å². The molecule has 1 saturated heterocycles. The van der Waals surface area contributed by atoms with Gasteiger partial charge >= 0.3 is 0 Å². The average Bonchev–Trinajstić information content (AvgIpc) is 2.74. The fraction of sp³-hybridized carbons (Fsp3) is 0.417. The summed E-state index contributed by atoms with van der Waals surface area (Å²) < 4.78 is 1.99. The first-order valence-electron chi connectivity index (χ1n) is 5.98. The van der Waals surface area contributed by atoms with Crippen molar-refractivity contribution in [1.82, 2.24) is 19.6 Å². The number of piperazine rings is 1. The maximum Gasteiger partial charge on any atom is 0.160 e. The number of rotatable bonds is 2. The second kappa shape index (κ2) is 4.35. The number of fused-ring (bicyclic) bond motifs is 1. The smallest absolute Gasteiger partial charge is 0.160 e. The third-order valence-corrected chi connectivity index (χ3v) is 3.16. The lowest BCUT2D eigenvalue weighted by Crippen LogP contribution is -2.42. The number of aromatic nitrogens is 2. The molecule has 0 spiro atoms. The summed E-state index contributed by atoms with van der Waals surface area (Å²) in [6, 6.07) is 3.83. The molecule has 17 heavy (non-hydrogen) atoms. The van der Waals surface area contributed by atoms with Gasteiger partial charge in [-0.25, -0.2) is 4.98 Å². The van der Waals surface area contributed by atoms with E-state index in [0.29, 0.717) is 0 Å². The molecular formula is C12H17N5. The molecule has 2 aromatic heterocycles. The molecule has 5 nitrogen and oxygen atoms in total. The van der Waals surface area contributed by atoms with E-state index in [1.807, 2.05) is 22.7 Å². The lowest BCUT2D eigenvalue weighted by atomic mass is 10.3. The summed E-state index contributed by atoms with van der Waals surface area (Å²) in [5.41, 5.74) is 8.58. The monoisotopic (exact) mass is 231 g/mol. The summed E-state index contributed by atoms with van der Waals surface area (Å²) in [5.74, 6) is 0. The SMILES string of the molecule is Nc1cccn2cc(CN3CCNCC3)nc12. The Bertz CT molecular complexity index is 513. The number of nitrogens with two attached hydrogens (primary N) is 1. The van der Waals surface area contributed by atoms with Gasteiger partial charge in [0.1, 0.15) is 0 Å². The third kappa shape index (κ3) is 2.11. The second-order valence-electron chi connectivity index (χ2n) is 4.45. The van der Waals surface area contributed by atoms with Crippen LogP contribution in [0.1, 0.15) is 5.69 Å². The van der Waals surface area contributed by atoms with E-state index in [1.54, 1.807) is 0 Å². The van der Waals surface area contributed by atoms with E-state index in [1.165, 1.54) is 0 Å². The first-order valence-corrected chi connectivity index (χ1v) is 5.98. The molecule has 90 valence electrons. The van der Waals surface area contributed by atoms with E-state index in [-0.39, 0.29) is 0 Å². The van der Waals surface area contributed by atoms with Gasteiger partial charge in [-0.3, -0.25) is 4.90 Å². The Labute approximate surface area is 100 Å². The predicted octanol–water partition coefficient (Wildman–Crippen LogP) is 0.322. The molecule has 0 atom stereocenters. The maximum atomic E-state index is 5.90. The van der Waals surface area contributed by atoms with E-state index in [0.717, 1.165) is 49.8 Å². The summed E-state index contributed by atoms with van der Waals surface area (Å²) in [6.45, 7) is 5.21. The standard InChI is InChI=1S/C12H17N5/c13-11-2-1-5-17-9-10(15-12(11)17)8-16-6-3-14-4-7-16/h1-2,5,9,14H,3-4,6-8,13H2. The van der Waals surface area contributed by atoms with Gasteiger partial charge in [-0.2, -0.15) is 0 Å². The molecule has 3 heterocycles. The summed E-state index contributed by atoms with van der Waals surface area (Å²) in [4.78, 5) is 6.99. The Balaban J connectivity index is 1.83.